The van der Waals surface area contributed by atoms with Crippen LogP contribution in [0, 0.1) is 16.0 Å². The fraction of sp³-hybridized carbons (Fsp3) is 0.562. The molecule has 0 bridgehead atoms. The van der Waals surface area contributed by atoms with E-state index in [0.717, 1.165) is 44.5 Å². The van der Waals surface area contributed by atoms with Gasteiger partial charge >= 0.3 is 0 Å². The third kappa shape index (κ3) is 6.07. The topological polar surface area (TPSA) is 102 Å². The summed E-state index contributed by atoms with van der Waals surface area (Å²) < 4.78 is 0. The molecule has 0 radical (unpaired) electrons. The number of hydrogen-bond donors (Lipinski definition) is 2. The number of nitrogens with one attached hydrogen (secondary N) is 1. The van der Waals surface area contributed by atoms with Gasteiger partial charge in [0, 0.05) is 38.3 Å². The summed E-state index contributed by atoms with van der Waals surface area (Å²) in [6, 6.07) is 6.67. The normalized spacial score (nSPS) is 17.8. The van der Waals surface area contributed by atoms with Crippen molar-refractivity contribution < 1.29 is 9.72 Å². The highest BCUT2D eigenvalue weighted by Crippen LogP contribution is 2.18. The molecule has 1 saturated heterocycles. The number of rotatable bonds is 7. The molecule has 1 atom stereocenters. The molecule has 1 fully saturated rings. The number of non-ortho nitro benzene ring substituents is 1. The molecule has 0 aromatic heterocycles. The van der Waals surface area contributed by atoms with Gasteiger partial charge in [0.15, 0.2) is 0 Å². The smallest absolute Gasteiger partial charge is 0.269 e. The molecule has 0 saturated carbocycles. The van der Waals surface area contributed by atoms with Crippen LogP contribution in [-0.4, -0.2) is 48.5 Å². The molecule has 0 aliphatic carbocycles. The zero-order valence-electron chi connectivity index (χ0n) is 13.6. The minimum atomic E-state index is -0.390. The Kier molecular flexibility index (Phi) is 8.67. The van der Waals surface area contributed by atoms with Crippen molar-refractivity contribution in [3.63, 3.8) is 0 Å². The Hall–Kier alpha value is -1.70. The molecule has 3 N–H and O–H groups in total. The van der Waals surface area contributed by atoms with Gasteiger partial charge in [-0.05, 0) is 31.4 Å². The van der Waals surface area contributed by atoms with Crippen molar-refractivity contribution in [2.24, 2.45) is 11.7 Å². The lowest BCUT2D eigenvalue weighted by molar-refractivity contribution is -0.384. The van der Waals surface area contributed by atoms with E-state index in [9.17, 15) is 14.9 Å². The van der Waals surface area contributed by atoms with Crippen molar-refractivity contribution in [2.75, 3.05) is 32.7 Å². The van der Waals surface area contributed by atoms with E-state index in [2.05, 4.69) is 10.2 Å². The van der Waals surface area contributed by atoms with E-state index in [-0.39, 0.29) is 34.8 Å². The van der Waals surface area contributed by atoms with Crippen molar-refractivity contribution >= 4 is 24.0 Å². The number of halogens is 1. The Bertz CT molecular complexity index is 539. The zero-order chi connectivity index (χ0) is 16.7. The largest absolute Gasteiger partial charge is 0.355 e. The van der Waals surface area contributed by atoms with Crippen LogP contribution in [0.15, 0.2) is 24.3 Å². The Morgan fingerprint density at radius 3 is 2.71 bits per heavy atom. The third-order valence-electron chi connectivity index (χ3n) is 4.18. The SMILES string of the molecule is Cl.NCCNC(=O)C1CCCN(CCc2ccc([N+](=O)[O-])cc2)C1. The van der Waals surface area contributed by atoms with Gasteiger partial charge in [-0.25, -0.2) is 0 Å². The molecule has 0 spiro atoms. The van der Waals surface area contributed by atoms with Crippen LogP contribution in [0.2, 0.25) is 0 Å². The van der Waals surface area contributed by atoms with Crippen LogP contribution in [0.1, 0.15) is 18.4 Å². The summed E-state index contributed by atoms with van der Waals surface area (Å²) in [5, 5.41) is 13.5. The van der Waals surface area contributed by atoms with Gasteiger partial charge in [0.1, 0.15) is 0 Å². The monoisotopic (exact) mass is 356 g/mol. The molecule has 2 rings (SSSR count). The molecule has 1 unspecified atom stereocenters. The molecule has 24 heavy (non-hydrogen) atoms. The molecule has 1 amide bonds. The van der Waals surface area contributed by atoms with Gasteiger partial charge in [-0.15, -0.1) is 12.4 Å². The molecule has 134 valence electrons. The van der Waals surface area contributed by atoms with Gasteiger partial charge in [0.25, 0.3) is 5.69 Å². The van der Waals surface area contributed by atoms with Crippen LogP contribution in [-0.2, 0) is 11.2 Å². The first kappa shape index (κ1) is 20.3. The van der Waals surface area contributed by atoms with Crippen LogP contribution in [0.4, 0.5) is 5.69 Å². The van der Waals surface area contributed by atoms with Crippen LogP contribution >= 0.6 is 12.4 Å². The van der Waals surface area contributed by atoms with Gasteiger partial charge in [-0.3, -0.25) is 14.9 Å². The van der Waals surface area contributed by atoms with Crippen LogP contribution in [0.5, 0.6) is 0 Å². The average molecular weight is 357 g/mol. The maximum absolute atomic E-state index is 12.0. The highest BCUT2D eigenvalue weighted by molar-refractivity contribution is 5.85. The first-order valence-electron chi connectivity index (χ1n) is 8.03. The van der Waals surface area contributed by atoms with E-state index in [1.807, 2.05) is 0 Å². The molecule has 8 heteroatoms. The van der Waals surface area contributed by atoms with Crippen LogP contribution in [0.3, 0.4) is 0 Å². The summed E-state index contributed by atoms with van der Waals surface area (Å²) in [4.78, 5) is 24.6. The number of hydrogen-bond acceptors (Lipinski definition) is 5. The second kappa shape index (κ2) is 10.2. The average Bonchev–Trinajstić information content (AvgIpc) is 2.58. The number of carbonyl (C=O) groups excluding carboxylic acids is 1. The standard InChI is InChI=1S/C16H24N4O3.ClH/c17-8-9-18-16(21)14-2-1-10-19(12-14)11-7-13-3-5-15(6-4-13)20(22)23;/h3-6,14H,1-2,7-12,17H2,(H,18,21);1H. The summed E-state index contributed by atoms with van der Waals surface area (Å²) in [5.74, 6) is 0.127. The Morgan fingerprint density at radius 2 is 2.08 bits per heavy atom. The fourth-order valence-corrected chi connectivity index (χ4v) is 2.88. The van der Waals surface area contributed by atoms with E-state index in [1.165, 1.54) is 12.1 Å². The van der Waals surface area contributed by atoms with Gasteiger partial charge in [0.2, 0.25) is 5.91 Å². The number of piperidine rings is 1. The van der Waals surface area contributed by atoms with Gasteiger partial charge < -0.3 is 16.0 Å². The quantitative estimate of drug-likeness (QED) is 0.567. The lowest BCUT2D eigenvalue weighted by Crippen LogP contribution is -2.44. The van der Waals surface area contributed by atoms with E-state index in [1.54, 1.807) is 12.1 Å². The van der Waals surface area contributed by atoms with Gasteiger partial charge in [-0.2, -0.15) is 0 Å². The predicted molar refractivity (Wildman–Crippen MR) is 95.3 cm³/mol. The molecule has 1 aromatic carbocycles. The highest BCUT2D eigenvalue weighted by atomic mass is 35.5. The van der Waals surface area contributed by atoms with Crippen LogP contribution < -0.4 is 11.1 Å². The van der Waals surface area contributed by atoms with E-state index in [4.69, 9.17) is 5.73 Å². The minimum Gasteiger partial charge on any atom is -0.355 e. The number of carbonyl (C=O) groups is 1. The number of nitrogens with zero attached hydrogens (tertiary/aromatic N) is 2. The number of benzene rings is 1. The molecule has 1 aliphatic rings. The molecule has 1 aromatic rings. The number of nitrogens with two attached hydrogens (primary N) is 1. The summed E-state index contributed by atoms with van der Waals surface area (Å²) in [7, 11) is 0. The number of likely N-dealkylation sites (tertiary alicyclic amines) is 1. The molecular weight excluding hydrogens is 332 g/mol. The number of nitro benzene ring substituents is 1. The third-order valence-corrected chi connectivity index (χ3v) is 4.18. The van der Waals surface area contributed by atoms with E-state index >= 15 is 0 Å². The maximum atomic E-state index is 12.0. The van der Waals surface area contributed by atoms with Crippen molar-refractivity contribution in [1.82, 2.24) is 10.2 Å². The number of nitro groups is 1. The predicted octanol–water partition coefficient (Wildman–Crippen LogP) is 1.35. The Labute approximate surface area is 148 Å². The highest BCUT2D eigenvalue weighted by Gasteiger charge is 2.25. The Morgan fingerprint density at radius 1 is 1.38 bits per heavy atom. The van der Waals surface area contributed by atoms with E-state index in [0.29, 0.717) is 13.1 Å². The van der Waals surface area contributed by atoms with Crippen molar-refractivity contribution in [3.8, 4) is 0 Å². The summed E-state index contributed by atoms with van der Waals surface area (Å²) in [6.45, 7) is 3.61. The number of amides is 1. The zero-order valence-corrected chi connectivity index (χ0v) is 14.5. The second-order valence-electron chi connectivity index (χ2n) is 5.89. The Balaban J connectivity index is 0.00000288. The first-order chi connectivity index (χ1) is 11.1. The summed E-state index contributed by atoms with van der Waals surface area (Å²) in [5.41, 5.74) is 6.60. The van der Waals surface area contributed by atoms with Crippen LogP contribution in [0.25, 0.3) is 0 Å². The van der Waals surface area contributed by atoms with Crippen molar-refractivity contribution in [1.29, 1.82) is 0 Å². The molecular formula is C16H25ClN4O3. The van der Waals surface area contributed by atoms with Crippen molar-refractivity contribution in [2.45, 2.75) is 19.3 Å². The summed E-state index contributed by atoms with van der Waals surface area (Å²) >= 11 is 0. The lowest BCUT2D eigenvalue weighted by atomic mass is 9.96. The lowest BCUT2D eigenvalue weighted by Gasteiger charge is -2.32. The molecule has 7 nitrogen and oxygen atoms in total. The summed E-state index contributed by atoms with van der Waals surface area (Å²) in [6.07, 6.45) is 2.76. The van der Waals surface area contributed by atoms with Gasteiger partial charge in [-0.1, -0.05) is 12.1 Å². The minimum absolute atomic E-state index is 0. The second-order valence-corrected chi connectivity index (χ2v) is 5.89. The van der Waals surface area contributed by atoms with Gasteiger partial charge in [0.05, 0.1) is 10.8 Å². The molecule has 1 aliphatic heterocycles. The van der Waals surface area contributed by atoms with E-state index < -0.39 is 0 Å². The fourth-order valence-electron chi connectivity index (χ4n) is 2.88. The van der Waals surface area contributed by atoms with Crippen molar-refractivity contribution in [3.05, 3.63) is 39.9 Å². The first-order valence-corrected chi connectivity index (χ1v) is 8.03. The maximum Gasteiger partial charge on any atom is 0.269 e. The molecule has 1 heterocycles.